The fourth-order valence-electron chi connectivity index (χ4n) is 1.10. The molecular weight excluding hydrogens is 132 g/mol. The van der Waals surface area contributed by atoms with Crippen LogP contribution in [0.3, 0.4) is 0 Å². The van der Waals surface area contributed by atoms with Crippen molar-refractivity contribution in [3.05, 3.63) is 5.92 Å². The Balaban J connectivity index is 2.06. The number of rotatable bonds is 3. The quantitative estimate of drug-likeness (QED) is 0.536. The van der Waals surface area contributed by atoms with Crippen molar-refractivity contribution in [3.8, 4) is 0 Å². The van der Waals surface area contributed by atoms with Crippen molar-refractivity contribution in [2.24, 2.45) is 0 Å². The van der Waals surface area contributed by atoms with Crippen molar-refractivity contribution >= 4 is 11.6 Å². The zero-order chi connectivity index (χ0) is 6.91. The fourth-order valence-corrected chi connectivity index (χ4v) is 1.35. The van der Waals surface area contributed by atoms with Gasteiger partial charge in [-0.3, -0.25) is 0 Å². The standard InChI is InChI=1S/C8H14Cl/c1-3-4-5-7-6-8(7,2)9/h3-6H2,1-2H3. The number of hydrogen-bond acceptors (Lipinski definition) is 0. The zero-order valence-electron chi connectivity index (χ0n) is 6.21. The lowest BCUT2D eigenvalue weighted by Gasteiger charge is -1.97. The summed E-state index contributed by atoms with van der Waals surface area (Å²) in [4.78, 5) is 0.106. The van der Waals surface area contributed by atoms with Crippen LogP contribution in [0.2, 0.25) is 0 Å². The van der Waals surface area contributed by atoms with Crippen LogP contribution >= 0.6 is 11.6 Å². The molecule has 1 saturated carbocycles. The van der Waals surface area contributed by atoms with Gasteiger partial charge in [0.15, 0.2) is 0 Å². The second-order valence-corrected chi connectivity index (χ2v) is 3.92. The summed E-state index contributed by atoms with van der Waals surface area (Å²) in [5, 5.41) is 0. The Labute approximate surface area is 62.6 Å². The Morgan fingerprint density at radius 1 is 1.67 bits per heavy atom. The number of hydrogen-bond donors (Lipinski definition) is 0. The molecule has 1 rings (SSSR count). The fraction of sp³-hybridized carbons (Fsp3) is 0.875. The summed E-state index contributed by atoms with van der Waals surface area (Å²) in [6.07, 6.45) is 5.03. The summed E-state index contributed by atoms with van der Waals surface area (Å²) in [5.74, 6) is 1.56. The van der Waals surface area contributed by atoms with Gasteiger partial charge in [-0.1, -0.05) is 19.8 Å². The minimum atomic E-state index is 0.106. The third-order valence-corrected chi connectivity index (χ3v) is 2.39. The molecule has 1 fully saturated rings. The monoisotopic (exact) mass is 145 g/mol. The lowest BCUT2D eigenvalue weighted by molar-refractivity contribution is 0.761. The van der Waals surface area contributed by atoms with Gasteiger partial charge in [0.2, 0.25) is 0 Å². The molecule has 1 atom stereocenters. The van der Waals surface area contributed by atoms with Crippen LogP contribution < -0.4 is 0 Å². The third kappa shape index (κ3) is 1.86. The van der Waals surface area contributed by atoms with Crippen LogP contribution in [0.4, 0.5) is 0 Å². The minimum absolute atomic E-state index is 0.106. The molecule has 1 aliphatic carbocycles. The highest BCUT2D eigenvalue weighted by Crippen LogP contribution is 2.53. The van der Waals surface area contributed by atoms with Gasteiger partial charge >= 0.3 is 0 Å². The highest BCUT2D eigenvalue weighted by molar-refractivity contribution is 6.28. The van der Waals surface area contributed by atoms with E-state index in [9.17, 15) is 0 Å². The maximum Gasteiger partial charge on any atom is 0.0487 e. The van der Waals surface area contributed by atoms with Crippen LogP contribution in [-0.4, -0.2) is 4.87 Å². The molecule has 1 heteroatoms. The van der Waals surface area contributed by atoms with Crippen molar-refractivity contribution in [1.82, 2.24) is 0 Å². The van der Waals surface area contributed by atoms with E-state index >= 15 is 0 Å². The predicted octanol–water partition coefficient (Wildman–Crippen LogP) is 3.15. The van der Waals surface area contributed by atoms with E-state index in [1.807, 2.05) is 0 Å². The van der Waals surface area contributed by atoms with E-state index in [2.05, 4.69) is 13.8 Å². The van der Waals surface area contributed by atoms with Gasteiger partial charge in [-0.2, -0.15) is 0 Å². The summed E-state index contributed by atoms with van der Waals surface area (Å²) < 4.78 is 0. The van der Waals surface area contributed by atoms with E-state index < -0.39 is 0 Å². The maximum atomic E-state index is 6.01. The first-order valence-corrected chi connectivity index (χ1v) is 4.08. The first-order valence-electron chi connectivity index (χ1n) is 3.71. The molecule has 0 saturated heterocycles. The normalized spacial score (nSPS) is 35.0. The van der Waals surface area contributed by atoms with Crippen LogP contribution in [0, 0.1) is 5.92 Å². The Bertz CT molecular complexity index is 96.7. The van der Waals surface area contributed by atoms with Crippen molar-refractivity contribution in [1.29, 1.82) is 0 Å². The molecular formula is C8H14Cl. The Hall–Kier alpha value is 0.290. The van der Waals surface area contributed by atoms with E-state index in [1.165, 1.54) is 19.3 Å². The van der Waals surface area contributed by atoms with Crippen molar-refractivity contribution in [2.45, 2.75) is 44.4 Å². The molecule has 1 unspecified atom stereocenters. The maximum absolute atomic E-state index is 6.01. The van der Waals surface area contributed by atoms with Gasteiger partial charge in [-0.05, 0) is 25.7 Å². The summed E-state index contributed by atoms with van der Waals surface area (Å²) in [6, 6.07) is 0. The highest BCUT2D eigenvalue weighted by atomic mass is 35.5. The molecule has 1 aliphatic rings. The molecule has 0 spiro atoms. The molecule has 0 heterocycles. The van der Waals surface area contributed by atoms with Gasteiger partial charge in [-0.25, -0.2) is 0 Å². The lowest BCUT2D eigenvalue weighted by Crippen LogP contribution is -1.91. The number of unbranched alkanes of at least 4 members (excludes halogenated alkanes) is 1. The largest absolute Gasteiger partial charge is 0.119 e. The third-order valence-electron chi connectivity index (χ3n) is 1.99. The van der Waals surface area contributed by atoms with Gasteiger partial charge in [0.25, 0.3) is 0 Å². The van der Waals surface area contributed by atoms with Crippen molar-refractivity contribution < 1.29 is 0 Å². The molecule has 0 N–H and O–H groups in total. The Kier molecular flexibility index (Phi) is 2.05. The van der Waals surface area contributed by atoms with E-state index in [1.54, 1.807) is 5.92 Å². The molecule has 0 nitrogen and oxygen atoms in total. The van der Waals surface area contributed by atoms with E-state index in [4.69, 9.17) is 11.6 Å². The summed E-state index contributed by atoms with van der Waals surface area (Å²) in [6.45, 7) is 4.33. The second-order valence-electron chi connectivity index (χ2n) is 3.08. The van der Waals surface area contributed by atoms with Crippen molar-refractivity contribution in [2.75, 3.05) is 0 Å². The SMILES string of the molecule is CCCC[C]1CC1(C)Cl. The molecule has 9 heavy (non-hydrogen) atoms. The number of alkyl halides is 1. The second kappa shape index (κ2) is 2.49. The van der Waals surface area contributed by atoms with Gasteiger partial charge < -0.3 is 0 Å². The molecule has 0 aliphatic heterocycles. The first-order chi connectivity index (χ1) is 4.17. The van der Waals surface area contributed by atoms with Gasteiger partial charge in [0, 0.05) is 4.87 Å². The topological polar surface area (TPSA) is 0 Å². The highest BCUT2D eigenvalue weighted by Gasteiger charge is 2.47. The molecule has 0 aromatic heterocycles. The van der Waals surface area contributed by atoms with Crippen molar-refractivity contribution in [3.63, 3.8) is 0 Å². The van der Waals surface area contributed by atoms with Crippen LogP contribution in [0.5, 0.6) is 0 Å². The van der Waals surface area contributed by atoms with Crippen LogP contribution in [0.25, 0.3) is 0 Å². The Morgan fingerprint density at radius 2 is 2.22 bits per heavy atom. The summed E-state index contributed by atoms with van der Waals surface area (Å²) >= 11 is 6.01. The Morgan fingerprint density at radius 3 is 2.56 bits per heavy atom. The van der Waals surface area contributed by atoms with Crippen LogP contribution in [0.1, 0.15) is 39.5 Å². The zero-order valence-corrected chi connectivity index (χ0v) is 6.96. The molecule has 0 aromatic rings. The average molecular weight is 146 g/mol. The number of halogens is 1. The van der Waals surface area contributed by atoms with E-state index in [0.29, 0.717) is 0 Å². The predicted molar refractivity (Wildman–Crippen MR) is 41.6 cm³/mol. The molecule has 1 radical (unpaired) electrons. The molecule has 53 valence electrons. The first kappa shape index (κ1) is 7.40. The van der Waals surface area contributed by atoms with E-state index in [-0.39, 0.29) is 4.87 Å². The average Bonchev–Trinajstić information content (AvgIpc) is 2.35. The minimum Gasteiger partial charge on any atom is -0.119 e. The molecule has 0 amide bonds. The molecule has 0 bridgehead atoms. The van der Waals surface area contributed by atoms with Gasteiger partial charge in [0.1, 0.15) is 0 Å². The van der Waals surface area contributed by atoms with Gasteiger partial charge in [0.05, 0.1) is 0 Å². The molecule has 0 aromatic carbocycles. The summed E-state index contributed by atoms with van der Waals surface area (Å²) in [5.41, 5.74) is 0. The van der Waals surface area contributed by atoms with Crippen LogP contribution in [0.15, 0.2) is 0 Å². The smallest absolute Gasteiger partial charge is 0.0487 e. The van der Waals surface area contributed by atoms with E-state index in [0.717, 1.165) is 6.42 Å². The lowest BCUT2D eigenvalue weighted by atomic mass is 10.1. The van der Waals surface area contributed by atoms with Gasteiger partial charge in [-0.15, -0.1) is 11.6 Å². The summed E-state index contributed by atoms with van der Waals surface area (Å²) in [7, 11) is 0. The van der Waals surface area contributed by atoms with Crippen LogP contribution in [-0.2, 0) is 0 Å².